The molecule has 12 rings (SSSR count). The van der Waals surface area contributed by atoms with Gasteiger partial charge in [-0.15, -0.1) is 0 Å². The Morgan fingerprint density at radius 1 is 0.397 bits per heavy atom. The molecule has 2 aliphatic carbocycles. The molecule has 1 spiro atoms. The fraction of sp³-hybridized carbons (Fsp3) is 0.0357. The van der Waals surface area contributed by atoms with E-state index in [4.69, 9.17) is 0 Å². The third-order valence-corrected chi connectivity index (χ3v) is 12.8. The van der Waals surface area contributed by atoms with Crippen LogP contribution in [0.15, 0.2) is 212 Å². The molecule has 0 saturated heterocycles. The number of hydrogen-bond donors (Lipinski definition) is 0. The summed E-state index contributed by atoms with van der Waals surface area (Å²) in [5, 5.41) is 2.52. The Morgan fingerprint density at radius 2 is 0.914 bits per heavy atom. The van der Waals surface area contributed by atoms with Gasteiger partial charge in [-0.2, -0.15) is 0 Å². The summed E-state index contributed by atoms with van der Waals surface area (Å²) < 4.78 is 2.54. The summed E-state index contributed by atoms with van der Waals surface area (Å²) in [6, 6.07) is 78.4. The third kappa shape index (κ3) is 4.49. The highest BCUT2D eigenvalue weighted by atomic mass is 15.1. The van der Waals surface area contributed by atoms with Crippen molar-refractivity contribution in [3.63, 3.8) is 0 Å². The van der Waals surface area contributed by atoms with Crippen LogP contribution in [0.4, 0.5) is 11.4 Å². The van der Waals surface area contributed by atoms with E-state index in [2.05, 4.69) is 229 Å². The SMILES string of the molecule is CN(c1ccccc1)c1ccccc1-c1ccc(-c2ccc3c(c2)c2ccc4c(c2n3-c2ccccc2)C2(c3ccccc3-c3ccccc32)c2ccccc2-4)cc1. The lowest BCUT2D eigenvalue weighted by atomic mass is 9.70. The van der Waals surface area contributed by atoms with Crippen molar-refractivity contribution in [1.29, 1.82) is 0 Å². The minimum absolute atomic E-state index is 0.455. The number of rotatable bonds is 5. The fourth-order valence-corrected chi connectivity index (χ4v) is 10.4. The van der Waals surface area contributed by atoms with Crippen LogP contribution in [-0.2, 0) is 5.41 Å². The first kappa shape index (κ1) is 32.8. The number of para-hydroxylation sites is 3. The average Bonchev–Trinajstić information content (AvgIpc) is 3.91. The lowest BCUT2D eigenvalue weighted by Gasteiger charge is -2.31. The first-order valence-corrected chi connectivity index (χ1v) is 20.2. The predicted molar refractivity (Wildman–Crippen MR) is 242 cm³/mol. The Labute approximate surface area is 338 Å². The number of fused-ring (bicyclic) bond motifs is 14. The molecule has 1 aromatic heterocycles. The monoisotopic (exact) mass is 738 g/mol. The zero-order chi connectivity index (χ0) is 38.4. The fourth-order valence-electron chi connectivity index (χ4n) is 10.4. The van der Waals surface area contributed by atoms with Crippen LogP contribution in [-0.4, -0.2) is 11.6 Å². The second-order valence-corrected chi connectivity index (χ2v) is 15.7. The van der Waals surface area contributed by atoms with Crippen molar-refractivity contribution in [2.75, 3.05) is 11.9 Å². The van der Waals surface area contributed by atoms with Gasteiger partial charge in [-0.25, -0.2) is 0 Å². The van der Waals surface area contributed by atoms with Crippen LogP contribution < -0.4 is 4.90 Å². The maximum absolute atomic E-state index is 2.54. The van der Waals surface area contributed by atoms with E-state index in [9.17, 15) is 0 Å². The number of benzene rings is 9. The van der Waals surface area contributed by atoms with Gasteiger partial charge in [-0.05, 0) is 98.1 Å². The van der Waals surface area contributed by atoms with Gasteiger partial charge in [0.05, 0.1) is 16.4 Å². The zero-order valence-corrected chi connectivity index (χ0v) is 32.1. The minimum Gasteiger partial charge on any atom is -0.344 e. The molecule has 0 unspecified atom stereocenters. The van der Waals surface area contributed by atoms with Gasteiger partial charge in [0.15, 0.2) is 0 Å². The van der Waals surface area contributed by atoms with Crippen molar-refractivity contribution in [2.24, 2.45) is 0 Å². The molecule has 1 heterocycles. The maximum atomic E-state index is 2.54. The normalized spacial score (nSPS) is 13.1. The first-order valence-electron chi connectivity index (χ1n) is 20.2. The van der Waals surface area contributed by atoms with Crippen molar-refractivity contribution >= 4 is 33.2 Å². The molecule has 2 heteroatoms. The Hall–Kier alpha value is -7.42. The largest absolute Gasteiger partial charge is 0.344 e. The van der Waals surface area contributed by atoms with E-state index in [0.29, 0.717) is 0 Å². The molecule has 0 aliphatic heterocycles. The highest BCUT2D eigenvalue weighted by molar-refractivity contribution is 6.15. The molecule has 2 aliphatic rings. The summed E-state index contributed by atoms with van der Waals surface area (Å²) in [4.78, 5) is 2.27. The minimum atomic E-state index is -0.455. The van der Waals surface area contributed by atoms with Gasteiger partial charge in [0.2, 0.25) is 0 Å². The van der Waals surface area contributed by atoms with Crippen LogP contribution in [0.25, 0.3) is 72.0 Å². The Balaban J connectivity index is 1.08. The van der Waals surface area contributed by atoms with Gasteiger partial charge < -0.3 is 9.47 Å². The number of anilines is 2. The lowest BCUT2D eigenvalue weighted by molar-refractivity contribution is 0.797. The second kappa shape index (κ2) is 12.5. The van der Waals surface area contributed by atoms with Crippen molar-refractivity contribution in [2.45, 2.75) is 5.41 Å². The Bertz CT molecular complexity index is 3160. The molecular formula is C56H38N2. The Morgan fingerprint density at radius 3 is 1.57 bits per heavy atom. The quantitative estimate of drug-likeness (QED) is 0.171. The van der Waals surface area contributed by atoms with Gasteiger partial charge in [-0.3, -0.25) is 0 Å². The standard InChI is InChI=1S/C56H38N2/c1-57(40-16-4-2-5-17-40)52-27-15-11-20-42(52)38-30-28-37(29-31-38)39-32-35-53-48(36-39)47-34-33-46-45-23-10-14-26-51(45)56(54(46)55(47)58(53)41-18-6-3-7-19-41)49-24-12-8-21-43(49)44-22-9-13-25-50(44)56/h2-36H,1H3. The number of aromatic nitrogens is 1. The van der Waals surface area contributed by atoms with Gasteiger partial charge in [0.25, 0.3) is 0 Å². The van der Waals surface area contributed by atoms with E-state index in [1.807, 2.05) is 0 Å². The molecule has 0 radical (unpaired) electrons. The van der Waals surface area contributed by atoms with E-state index in [-0.39, 0.29) is 0 Å². The summed E-state index contributed by atoms with van der Waals surface area (Å²) >= 11 is 0. The molecular weight excluding hydrogens is 701 g/mol. The van der Waals surface area contributed by atoms with Crippen molar-refractivity contribution < 1.29 is 0 Å². The second-order valence-electron chi connectivity index (χ2n) is 15.7. The van der Waals surface area contributed by atoms with Crippen molar-refractivity contribution in [1.82, 2.24) is 4.57 Å². The summed E-state index contributed by atoms with van der Waals surface area (Å²) in [5.41, 5.74) is 21.0. The summed E-state index contributed by atoms with van der Waals surface area (Å²) in [6.07, 6.45) is 0. The average molecular weight is 739 g/mol. The van der Waals surface area contributed by atoms with Crippen LogP contribution in [0.1, 0.15) is 22.3 Å². The highest BCUT2D eigenvalue weighted by Gasteiger charge is 2.53. The number of hydrogen-bond acceptors (Lipinski definition) is 1. The van der Waals surface area contributed by atoms with E-state index < -0.39 is 5.41 Å². The van der Waals surface area contributed by atoms with Crippen molar-refractivity contribution in [3.8, 4) is 50.2 Å². The van der Waals surface area contributed by atoms with E-state index >= 15 is 0 Å². The molecule has 10 aromatic rings. The topological polar surface area (TPSA) is 8.17 Å². The van der Waals surface area contributed by atoms with E-state index in [1.54, 1.807) is 0 Å². The molecule has 0 atom stereocenters. The van der Waals surface area contributed by atoms with Crippen LogP contribution in [0.3, 0.4) is 0 Å². The van der Waals surface area contributed by atoms with Gasteiger partial charge >= 0.3 is 0 Å². The van der Waals surface area contributed by atoms with Crippen LogP contribution in [0, 0.1) is 0 Å². The molecule has 0 amide bonds. The highest BCUT2D eigenvalue weighted by Crippen LogP contribution is 2.64. The predicted octanol–water partition coefficient (Wildman–Crippen LogP) is 14.2. The van der Waals surface area contributed by atoms with E-state index in [0.717, 1.165) is 11.4 Å². The molecule has 0 saturated carbocycles. The Kier molecular flexibility index (Phi) is 7.09. The van der Waals surface area contributed by atoms with Crippen LogP contribution in [0.5, 0.6) is 0 Å². The summed E-state index contributed by atoms with van der Waals surface area (Å²) in [6.45, 7) is 0. The third-order valence-electron chi connectivity index (χ3n) is 12.8. The van der Waals surface area contributed by atoms with E-state index in [1.165, 1.54) is 94.3 Å². The molecule has 0 bridgehead atoms. The molecule has 2 nitrogen and oxygen atoms in total. The molecule has 0 N–H and O–H groups in total. The smallest absolute Gasteiger partial charge is 0.0746 e. The van der Waals surface area contributed by atoms with Crippen LogP contribution in [0.2, 0.25) is 0 Å². The van der Waals surface area contributed by atoms with Crippen LogP contribution >= 0.6 is 0 Å². The zero-order valence-electron chi connectivity index (χ0n) is 32.1. The van der Waals surface area contributed by atoms with Gasteiger partial charge in [-0.1, -0.05) is 170 Å². The maximum Gasteiger partial charge on any atom is 0.0746 e. The van der Waals surface area contributed by atoms with Crippen molar-refractivity contribution in [3.05, 3.63) is 235 Å². The molecule has 0 fully saturated rings. The molecule has 272 valence electrons. The summed E-state index contributed by atoms with van der Waals surface area (Å²) in [7, 11) is 2.14. The molecule has 58 heavy (non-hydrogen) atoms. The van der Waals surface area contributed by atoms with Gasteiger partial charge in [0.1, 0.15) is 0 Å². The summed E-state index contributed by atoms with van der Waals surface area (Å²) in [5.74, 6) is 0. The number of nitrogens with zero attached hydrogens (tertiary/aromatic N) is 2. The molecule has 9 aromatic carbocycles. The van der Waals surface area contributed by atoms with Gasteiger partial charge in [0, 0.05) is 46.0 Å². The lowest BCUT2D eigenvalue weighted by Crippen LogP contribution is -2.26. The first-order chi connectivity index (χ1) is 28.7.